The molecule has 2 amide bonds. The van der Waals surface area contributed by atoms with E-state index >= 15 is 0 Å². The van der Waals surface area contributed by atoms with Crippen LogP contribution in [0.3, 0.4) is 0 Å². The lowest BCUT2D eigenvalue weighted by atomic mass is 10.1. The molecule has 0 bridgehead atoms. The van der Waals surface area contributed by atoms with E-state index in [9.17, 15) is 9.59 Å². The quantitative estimate of drug-likeness (QED) is 0.818. The fraction of sp³-hybridized carbons (Fsp3) is 0.333. The summed E-state index contributed by atoms with van der Waals surface area (Å²) >= 11 is 5.80. The van der Waals surface area contributed by atoms with Crippen molar-refractivity contribution in [3.8, 4) is 5.75 Å². The lowest BCUT2D eigenvalue weighted by Crippen LogP contribution is -2.41. The van der Waals surface area contributed by atoms with Gasteiger partial charge in [0.25, 0.3) is 0 Å². The first-order valence-electron chi connectivity index (χ1n) is 5.53. The van der Waals surface area contributed by atoms with E-state index in [1.165, 1.54) is 6.07 Å². The Hall–Kier alpha value is -1.75. The second-order valence-electron chi connectivity index (χ2n) is 4.00. The van der Waals surface area contributed by atoms with Gasteiger partial charge in [-0.2, -0.15) is 0 Å². The average molecular weight is 269 g/mol. The fourth-order valence-electron chi connectivity index (χ4n) is 1.82. The number of hydrogen-bond donors (Lipinski definition) is 1. The number of carbonyl (C=O) groups is 2. The third-order valence-electron chi connectivity index (χ3n) is 2.71. The Balaban J connectivity index is 2.39. The van der Waals surface area contributed by atoms with Gasteiger partial charge in [0.15, 0.2) is 0 Å². The fourth-order valence-corrected chi connectivity index (χ4v) is 1.93. The number of nitrogens with two attached hydrogens (primary N) is 1. The highest BCUT2D eigenvalue weighted by Gasteiger charge is 2.26. The average Bonchev–Trinajstić information content (AvgIpc) is 2.36. The number of ether oxygens (including phenoxy) is 1. The normalized spacial score (nSPS) is 15.6. The highest BCUT2D eigenvalue weighted by Crippen LogP contribution is 2.33. The van der Waals surface area contributed by atoms with E-state index in [4.69, 9.17) is 22.1 Å². The first-order valence-corrected chi connectivity index (χ1v) is 5.96. The Morgan fingerprint density at radius 2 is 2.22 bits per heavy atom. The minimum atomic E-state index is -0.605. The summed E-state index contributed by atoms with van der Waals surface area (Å²) in [6.45, 7) is 2.43. The second kappa shape index (κ2) is 4.86. The molecule has 0 spiro atoms. The number of alkyl halides is 1. The van der Waals surface area contributed by atoms with Gasteiger partial charge in [0.1, 0.15) is 17.7 Å². The van der Waals surface area contributed by atoms with Crippen molar-refractivity contribution in [1.82, 2.24) is 0 Å². The zero-order chi connectivity index (χ0) is 13.3. The lowest BCUT2D eigenvalue weighted by Gasteiger charge is -2.30. The summed E-state index contributed by atoms with van der Waals surface area (Å²) in [6, 6.07) is 4.75. The van der Waals surface area contributed by atoms with Crippen LogP contribution < -0.4 is 15.4 Å². The molecule has 18 heavy (non-hydrogen) atoms. The molecule has 1 aliphatic heterocycles. The maximum atomic E-state index is 11.9. The minimum absolute atomic E-state index is 0.187. The molecule has 0 aromatic heterocycles. The van der Waals surface area contributed by atoms with Crippen LogP contribution in [0.15, 0.2) is 18.2 Å². The van der Waals surface area contributed by atoms with Gasteiger partial charge in [0.05, 0.1) is 12.2 Å². The van der Waals surface area contributed by atoms with Gasteiger partial charge in [0.2, 0.25) is 11.8 Å². The van der Waals surface area contributed by atoms with E-state index in [0.717, 1.165) is 0 Å². The van der Waals surface area contributed by atoms with Gasteiger partial charge in [-0.3, -0.25) is 9.59 Å². The van der Waals surface area contributed by atoms with Crippen LogP contribution in [0.1, 0.15) is 17.3 Å². The molecular formula is C12H13ClN2O3. The predicted octanol–water partition coefficient (Wildman–Crippen LogP) is 1.14. The summed E-state index contributed by atoms with van der Waals surface area (Å²) in [5, 5.41) is -0.605. The molecule has 1 aliphatic rings. The van der Waals surface area contributed by atoms with Crippen LogP contribution in [0, 0.1) is 0 Å². The van der Waals surface area contributed by atoms with Crippen molar-refractivity contribution in [3.05, 3.63) is 23.8 Å². The van der Waals surface area contributed by atoms with Gasteiger partial charge in [-0.15, -0.1) is 11.6 Å². The highest BCUT2D eigenvalue weighted by atomic mass is 35.5. The van der Waals surface area contributed by atoms with Crippen molar-refractivity contribution in [2.24, 2.45) is 5.73 Å². The van der Waals surface area contributed by atoms with Crippen molar-refractivity contribution < 1.29 is 14.3 Å². The number of fused-ring (bicyclic) bond motifs is 1. The molecule has 0 radical (unpaired) electrons. The van der Waals surface area contributed by atoms with E-state index in [1.54, 1.807) is 24.0 Å². The summed E-state index contributed by atoms with van der Waals surface area (Å²) in [5.74, 6) is -0.244. The molecule has 0 saturated heterocycles. The van der Waals surface area contributed by atoms with Crippen LogP contribution in [-0.4, -0.2) is 30.3 Å². The number of nitrogens with zero attached hydrogens (tertiary/aromatic N) is 1. The van der Waals surface area contributed by atoms with Crippen LogP contribution in [0.2, 0.25) is 0 Å². The smallest absolute Gasteiger partial charge is 0.248 e. The van der Waals surface area contributed by atoms with Gasteiger partial charge in [-0.05, 0) is 25.1 Å². The monoisotopic (exact) mass is 268 g/mol. The number of benzene rings is 1. The molecule has 5 nitrogen and oxygen atoms in total. The van der Waals surface area contributed by atoms with Gasteiger partial charge in [-0.25, -0.2) is 0 Å². The molecule has 2 N–H and O–H groups in total. The van der Waals surface area contributed by atoms with Crippen molar-refractivity contribution in [2.45, 2.75) is 12.3 Å². The van der Waals surface area contributed by atoms with Crippen molar-refractivity contribution in [2.75, 3.05) is 18.1 Å². The van der Waals surface area contributed by atoms with Gasteiger partial charge in [-0.1, -0.05) is 0 Å². The van der Waals surface area contributed by atoms with Crippen LogP contribution in [0.5, 0.6) is 5.75 Å². The number of rotatable bonds is 2. The number of amides is 2. The van der Waals surface area contributed by atoms with Gasteiger partial charge >= 0.3 is 0 Å². The van der Waals surface area contributed by atoms with E-state index in [2.05, 4.69) is 0 Å². The molecule has 96 valence electrons. The van der Waals surface area contributed by atoms with Crippen molar-refractivity contribution >= 4 is 29.1 Å². The van der Waals surface area contributed by atoms with Gasteiger partial charge in [0, 0.05) is 5.56 Å². The van der Waals surface area contributed by atoms with Gasteiger partial charge < -0.3 is 15.4 Å². The summed E-state index contributed by atoms with van der Waals surface area (Å²) in [4.78, 5) is 24.6. The first kappa shape index (κ1) is 12.7. The van der Waals surface area contributed by atoms with E-state index in [0.29, 0.717) is 30.2 Å². The van der Waals surface area contributed by atoms with E-state index in [1.807, 2.05) is 0 Å². The molecule has 6 heteroatoms. The molecular weight excluding hydrogens is 256 g/mol. The SMILES string of the molecule is CC(Cl)C(=O)N1CCOc2cc(C(N)=O)ccc21. The molecule has 2 rings (SSSR count). The number of halogens is 1. The molecule has 1 unspecified atom stereocenters. The molecule has 1 atom stereocenters. The second-order valence-corrected chi connectivity index (χ2v) is 4.66. The zero-order valence-corrected chi connectivity index (χ0v) is 10.6. The Morgan fingerprint density at radius 1 is 1.50 bits per heavy atom. The maximum absolute atomic E-state index is 11.9. The number of anilines is 1. The Bertz CT molecular complexity index is 502. The number of hydrogen-bond acceptors (Lipinski definition) is 3. The Morgan fingerprint density at radius 3 is 2.83 bits per heavy atom. The van der Waals surface area contributed by atoms with Crippen LogP contribution in [0.25, 0.3) is 0 Å². The minimum Gasteiger partial charge on any atom is -0.490 e. The van der Waals surface area contributed by atoms with Crippen LogP contribution in [0.4, 0.5) is 5.69 Å². The standard InChI is InChI=1S/C12H13ClN2O3/c1-7(13)12(17)15-4-5-18-10-6-8(11(14)16)2-3-9(10)15/h2-3,6-7H,4-5H2,1H3,(H2,14,16). The number of carbonyl (C=O) groups excluding carboxylic acids is 2. The third-order valence-corrected chi connectivity index (χ3v) is 2.90. The van der Waals surface area contributed by atoms with Crippen LogP contribution in [-0.2, 0) is 4.79 Å². The Labute approximate surface area is 109 Å². The lowest BCUT2D eigenvalue weighted by molar-refractivity contribution is -0.118. The van der Waals surface area contributed by atoms with Crippen molar-refractivity contribution in [3.63, 3.8) is 0 Å². The topological polar surface area (TPSA) is 72.6 Å². The highest BCUT2D eigenvalue weighted by molar-refractivity contribution is 6.32. The molecule has 0 aliphatic carbocycles. The largest absolute Gasteiger partial charge is 0.490 e. The van der Waals surface area contributed by atoms with Crippen LogP contribution >= 0.6 is 11.6 Å². The molecule has 1 heterocycles. The van der Waals surface area contributed by atoms with Crippen molar-refractivity contribution in [1.29, 1.82) is 0 Å². The molecule has 1 aromatic carbocycles. The summed E-state index contributed by atoms with van der Waals surface area (Å²) in [5.41, 5.74) is 6.16. The molecule has 0 saturated carbocycles. The zero-order valence-electron chi connectivity index (χ0n) is 9.85. The van der Waals surface area contributed by atoms with E-state index < -0.39 is 11.3 Å². The molecule has 0 fully saturated rings. The Kier molecular flexibility index (Phi) is 3.43. The summed E-state index contributed by atoms with van der Waals surface area (Å²) in [7, 11) is 0. The maximum Gasteiger partial charge on any atom is 0.248 e. The summed E-state index contributed by atoms with van der Waals surface area (Å²) < 4.78 is 5.43. The first-order chi connectivity index (χ1) is 8.50. The predicted molar refractivity (Wildman–Crippen MR) is 68.1 cm³/mol. The molecule has 1 aromatic rings. The van der Waals surface area contributed by atoms with E-state index in [-0.39, 0.29) is 5.91 Å². The summed E-state index contributed by atoms with van der Waals surface area (Å²) in [6.07, 6.45) is 0. The number of primary amides is 1. The third kappa shape index (κ3) is 2.26.